The average Bonchev–Trinajstić information content (AvgIpc) is 2.98. The van der Waals surface area contributed by atoms with Crippen molar-refractivity contribution < 1.29 is 9.84 Å². The van der Waals surface area contributed by atoms with Crippen molar-refractivity contribution in [3.63, 3.8) is 0 Å². The first-order valence-electron chi connectivity index (χ1n) is 9.89. The lowest BCUT2D eigenvalue weighted by atomic mass is 9.51. The highest BCUT2D eigenvalue weighted by atomic mass is 16.5. The standard InChI is InChI=1S/C22H32N2O2/c1-14(2)17-10-13-22(5,26-17)16-8-11-20(3,24-7)15-9-12-21(4,25)19(23-6)18(15)16/h15-19,25H,1,8-13H2,2-5H3/t15-,16-,17-,18-,19+,20-,21+,22+/m1/s1. The molecule has 0 unspecified atom stereocenters. The molecule has 142 valence electrons. The van der Waals surface area contributed by atoms with E-state index in [1.807, 2.05) is 6.92 Å². The van der Waals surface area contributed by atoms with Crippen molar-refractivity contribution >= 4 is 0 Å². The third-order valence-corrected chi connectivity index (χ3v) is 7.70. The molecule has 2 aliphatic carbocycles. The molecule has 8 atom stereocenters. The number of ether oxygens (including phenoxy) is 1. The lowest BCUT2D eigenvalue weighted by molar-refractivity contribution is -0.137. The van der Waals surface area contributed by atoms with Crippen molar-refractivity contribution in [2.45, 2.75) is 95.1 Å². The van der Waals surface area contributed by atoms with Crippen LogP contribution in [0.5, 0.6) is 0 Å². The quantitative estimate of drug-likeness (QED) is 0.577. The lowest BCUT2D eigenvalue weighted by Crippen LogP contribution is -2.61. The molecule has 0 radical (unpaired) electrons. The Bertz CT molecular complexity index is 673. The topological polar surface area (TPSA) is 38.2 Å². The van der Waals surface area contributed by atoms with E-state index in [4.69, 9.17) is 17.9 Å². The van der Waals surface area contributed by atoms with Crippen molar-refractivity contribution in [3.05, 3.63) is 35.0 Å². The molecule has 0 aromatic carbocycles. The van der Waals surface area contributed by atoms with E-state index in [-0.39, 0.29) is 29.5 Å². The summed E-state index contributed by atoms with van der Waals surface area (Å²) in [5.41, 5.74) is -0.649. The number of hydrogen-bond donors (Lipinski definition) is 1. The summed E-state index contributed by atoms with van der Waals surface area (Å²) < 4.78 is 6.50. The van der Waals surface area contributed by atoms with E-state index in [1.165, 1.54) is 0 Å². The van der Waals surface area contributed by atoms with Gasteiger partial charge in [-0.1, -0.05) is 12.2 Å². The third kappa shape index (κ3) is 2.88. The van der Waals surface area contributed by atoms with Crippen molar-refractivity contribution in [2.24, 2.45) is 17.8 Å². The second-order valence-electron chi connectivity index (χ2n) is 9.57. The molecule has 3 aliphatic rings. The molecular weight excluding hydrogens is 324 g/mol. The molecule has 0 amide bonds. The zero-order valence-corrected chi connectivity index (χ0v) is 16.6. The van der Waals surface area contributed by atoms with E-state index in [1.54, 1.807) is 6.92 Å². The van der Waals surface area contributed by atoms with Crippen molar-refractivity contribution in [1.82, 2.24) is 0 Å². The van der Waals surface area contributed by atoms with Gasteiger partial charge in [0.1, 0.15) is 5.60 Å². The Morgan fingerprint density at radius 1 is 1.08 bits per heavy atom. The fourth-order valence-corrected chi connectivity index (χ4v) is 6.03. The Labute approximate surface area is 158 Å². The van der Waals surface area contributed by atoms with Crippen LogP contribution in [-0.2, 0) is 4.74 Å². The Morgan fingerprint density at radius 2 is 1.73 bits per heavy atom. The summed E-state index contributed by atoms with van der Waals surface area (Å²) >= 11 is 0. The molecular formula is C22H32N2O2. The van der Waals surface area contributed by atoms with Crippen molar-refractivity contribution in [1.29, 1.82) is 0 Å². The fraction of sp³-hybridized carbons (Fsp3) is 0.818. The average molecular weight is 357 g/mol. The van der Waals surface area contributed by atoms with Crippen LogP contribution in [-0.4, -0.2) is 34.0 Å². The SMILES string of the molecule is [C-]#[N+][C@H]1[C@@H]2[C@@H](CC[C@]1(C)O)[C@](C)([N+]#[C-])CC[C@H]2[C@]1(C)CC[C@H](C(=C)C)O1. The minimum absolute atomic E-state index is 0.0120. The molecule has 4 nitrogen and oxygen atoms in total. The molecule has 2 saturated carbocycles. The van der Waals surface area contributed by atoms with Crippen LogP contribution in [0.4, 0.5) is 0 Å². The minimum Gasteiger partial charge on any atom is -0.382 e. The summed E-state index contributed by atoms with van der Waals surface area (Å²) in [6, 6.07) is -0.461. The fourth-order valence-electron chi connectivity index (χ4n) is 6.03. The zero-order chi connectivity index (χ0) is 19.3. The van der Waals surface area contributed by atoms with E-state index < -0.39 is 17.2 Å². The number of aliphatic hydroxyl groups is 1. The maximum absolute atomic E-state index is 11.0. The van der Waals surface area contributed by atoms with Gasteiger partial charge >= 0.3 is 0 Å². The van der Waals surface area contributed by atoms with Gasteiger partial charge < -0.3 is 19.5 Å². The van der Waals surface area contributed by atoms with Gasteiger partial charge in [0, 0.05) is 19.3 Å². The third-order valence-electron chi connectivity index (χ3n) is 7.70. The second kappa shape index (κ2) is 6.36. The molecule has 3 rings (SSSR count). The second-order valence-corrected chi connectivity index (χ2v) is 9.57. The molecule has 1 aliphatic heterocycles. The van der Waals surface area contributed by atoms with Gasteiger partial charge in [0.05, 0.1) is 17.6 Å². The smallest absolute Gasteiger partial charge is 0.255 e. The van der Waals surface area contributed by atoms with E-state index in [9.17, 15) is 5.11 Å². The van der Waals surface area contributed by atoms with E-state index >= 15 is 0 Å². The van der Waals surface area contributed by atoms with Crippen molar-refractivity contribution in [2.75, 3.05) is 0 Å². The van der Waals surface area contributed by atoms with Gasteiger partial charge in [0.25, 0.3) is 6.04 Å². The van der Waals surface area contributed by atoms with Crippen LogP contribution in [0.25, 0.3) is 9.69 Å². The molecule has 4 heteroatoms. The van der Waals surface area contributed by atoms with Crippen LogP contribution in [0, 0.1) is 30.9 Å². The Balaban J connectivity index is 2.00. The Kier molecular flexibility index (Phi) is 4.75. The maximum Gasteiger partial charge on any atom is 0.255 e. The first kappa shape index (κ1) is 19.4. The summed E-state index contributed by atoms with van der Waals surface area (Å²) in [5.74, 6) is 0.373. The highest BCUT2D eigenvalue weighted by molar-refractivity contribution is 5.19. The molecule has 0 bridgehead atoms. The summed E-state index contributed by atoms with van der Waals surface area (Å²) in [7, 11) is 0. The molecule has 1 saturated heterocycles. The maximum atomic E-state index is 11.0. The number of hydrogen-bond acceptors (Lipinski definition) is 2. The summed E-state index contributed by atoms with van der Waals surface area (Å²) in [5, 5.41) is 11.0. The monoisotopic (exact) mass is 356 g/mol. The molecule has 0 aromatic rings. The molecule has 0 spiro atoms. The van der Waals surface area contributed by atoms with Crippen molar-refractivity contribution in [3.8, 4) is 0 Å². The Hall–Kier alpha value is -1.36. The van der Waals surface area contributed by atoms with Crippen LogP contribution in [0.3, 0.4) is 0 Å². The first-order valence-corrected chi connectivity index (χ1v) is 9.89. The molecule has 1 N–H and O–H groups in total. The van der Waals surface area contributed by atoms with Crippen LogP contribution in [0.1, 0.15) is 66.2 Å². The van der Waals surface area contributed by atoms with Gasteiger partial charge in [-0.3, -0.25) is 0 Å². The first-order chi connectivity index (χ1) is 12.1. The highest BCUT2D eigenvalue weighted by Gasteiger charge is 2.65. The van der Waals surface area contributed by atoms with Crippen LogP contribution < -0.4 is 0 Å². The summed E-state index contributed by atoms with van der Waals surface area (Å²) in [4.78, 5) is 7.93. The highest BCUT2D eigenvalue weighted by Crippen LogP contribution is 2.58. The zero-order valence-electron chi connectivity index (χ0n) is 16.6. The largest absolute Gasteiger partial charge is 0.382 e. The summed E-state index contributed by atoms with van der Waals surface area (Å²) in [6.07, 6.45) is 5.18. The predicted octanol–water partition coefficient (Wildman–Crippen LogP) is 4.65. The lowest BCUT2D eigenvalue weighted by Gasteiger charge is -2.53. The van der Waals surface area contributed by atoms with Gasteiger partial charge in [-0.25, -0.2) is 13.1 Å². The normalized spacial score (nSPS) is 51.1. The van der Waals surface area contributed by atoms with E-state index in [2.05, 4.69) is 30.1 Å². The Morgan fingerprint density at radius 3 is 2.27 bits per heavy atom. The van der Waals surface area contributed by atoms with Gasteiger partial charge in [0.15, 0.2) is 0 Å². The summed E-state index contributed by atoms with van der Waals surface area (Å²) in [6.45, 7) is 27.8. The molecule has 1 heterocycles. The van der Waals surface area contributed by atoms with Gasteiger partial charge in [-0.05, 0) is 58.8 Å². The number of rotatable bonds is 2. The van der Waals surface area contributed by atoms with Gasteiger partial charge in [0.2, 0.25) is 5.54 Å². The number of nitrogens with zero attached hydrogens (tertiary/aromatic N) is 2. The van der Waals surface area contributed by atoms with E-state index in [0.717, 1.165) is 37.7 Å². The van der Waals surface area contributed by atoms with Crippen LogP contribution in [0.15, 0.2) is 12.2 Å². The van der Waals surface area contributed by atoms with E-state index in [0.29, 0.717) is 6.42 Å². The van der Waals surface area contributed by atoms with Crippen LogP contribution >= 0.6 is 0 Å². The minimum atomic E-state index is -0.982. The molecule has 0 aromatic heterocycles. The predicted molar refractivity (Wildman–Crippen MR) is 102 cm³/mol. The number of fused-ring (bicyclic) bond motifs is 1. The van der Waals surface area contributed by atoms with Crippen LogP contribution in [0.2, 0.25) is 0 Å². The van der Waals surface area contributed by atoms with Gasteiger partial charge in [-0.2, -0.15) is 0 Å². The van der Waals surface area contributed by atoms with Gasteiger partial charge in [-0.15, -0.1) is 0 Å². The molecule has 26 heavy (non-hydrogen) atoms. The molecule has 3 fully saturated rings.